The maximum atomic E-state index is 10.2. The molecule has 0 aliphatic carbocycles. The Morgan fingerprint density at radius 3 is 1.94 bits per heavy atom. The van der Waals surface area contributed by atoms with Crippen LogP contribution in [-0.4, -0.2) is 5.11 Å². The zero-order valence-corrected chi connectivity index (χ0v) is 11.6. The number of aliphatic hydroxyl groups is 1. The molecular weight excluding hydrogens is 220 g/mol. The van der Waals surface area contributed by atoms with Gasteiger partial charge in [0.2, 0.25) is 0 Å². The van der Waals surface area contributed by atoms with Crippen LogP contribution in [0.2, 0.25) is 0 Å². The summed E-state index contributed by atoms with van der Waals surface area (Å²) in [5.41, 5.74) is 4.36. The van der Waals surface area contributed by atoms with E-state index in [0.717, 1.165) is 11.1 Å². The molecule has 1 unspecified atom stereocenters. The fourth-order valence-electron chi connectivity index (χ4n) is 1.76. The van der Waals surface area contributed by atoms with E-state index in [0.29, 0.717) is 0 Å². The highest BCUT2D eigenvalue weighted by Crippen LogP contribution is 2.23. The number of aryl methyl sites for hydroxylation is 2. The van der Waals surface area contributed by atoms with Gasteiger partial charge in [-0.15, -0.1) is 0 Å². The van der Waals surface area contributed by atoms with Gasteiger partial charge < -0.3 is 5.11 Å². The van der Waals surface area contributed by atoms with Gasteiger partial charge in [0.1, 0.15) is 6.10 Å². The molecule has 0 saturated carbocycles. The average Bonchev–Trinajstić information content (AvgIpc) is 2.44. The molecule has 1 nitrogen and oxygen atoms in total. The summed E-state index contributed by atoms with van der Waals surface area (Å²) in [7, 11) is 0. The molecule has 0 aromatic heterocycles. The SMILES string of the molecule is CC.Cc1ccc(C(O)c2ccccc2)cc1C. The molecule has 1 atom stereocenters. The molecule has 0 amide bonds. The molecule has 2 aromatic carbocycles. The van der Waals surface area contributed by atoms with Crippen LogP contribution < -0.4 is 0 Å². The first-order valence-electron chi connectivity index (χ1n) is 6.48. The third-order valence-corrected chi connectivity index (χ3v) is 2.96. The smallest absolute Gasteiger partial charge is 0.104 e. The first-order valence-corrected chi connectivity index (χ1v) is 6.48. The Labute approximate surface area is 110 Å². The molecule has 18 heavy (non-hydrogen) atoms. The molecular formula is C17H22O. The van der Waals surface area contributed by atoms with Crippen LogP contribution in [0, 0.1) is 13.8 Å². The Bertz CT molecular complexity index is 474. The molecule has 0 radical (unpaired) electrons. The topological polar surface area (TPSA) is 20.2 Å². The maximum Gasteiger partial charge on any atom is 0.104 e. The van der Waals surface area contributed by atoms with E-state index in [1.54, 1.807) is 0 Å². The summed E-state index contributed by atoms with van der Waals surface area (Å²) < 4.78 is 0. The quantitative estimate of drug-likeness (QED) is 0.827. The third-order valence-electron chi connectivity index (χ3n) is 2.96. The second-order valence-electron chi connectivity index (χ2n) is 4.16. The summed E-state index contributed by atoms with van der Waals surface area (Å²) in [6, 6.07) is 15.8. The first kappa shape index (κ1) is 14.5. The summed E-state index contributed by atoms with van der Waals surface area (Å²) in [6.45, 7) is 8.14. The van der Waals surface area contributed by atoms with Crippen molar-refractivity contribution in [3.8, 4) is 0 Å². The van der Waals surface area contributed by atoms with Crippen LogP contribution in [0.4, 0.5) is 0 Å². The van der Waals surface area contributed by atoms with Crippen molar-refractivity contribution in [2.45, 2.75) is 33.8 Å². The molecule has 0 aliphatic heterocycles. The van der Waals surface area contributed by atoms with Crippen LogP contribution in [0.3, 0.4) is 0 Å². The highest BCUT2D eigenvalue weighted by molar-refractivity contribution is 5.35. The van der Waals surface area contributed by atoms with Crippen LogP contribution >= 0.6 is 0 Å². The van der Waals surface area contributed by atoms with Crippen molar-refractivity contribution in [1.29, 1.82) is 0 Å². The minimum absolute atomic E-state index is 0.527. The van der Waals surface area contributed by atoms with Crippen molar-refractivity contribution in [2.24, 2.45) is 0 Å². The van der Waals surface area contributed by atoms with Gasteiger partial charge in [-0.05, 0) is 36.1 Å². The largest absolute Gasteiger partial charge is 0.384 e. The summed E-state index contributed by atoms with van der Waals surface area (Å²) in [6.07, 6.45) is -0.527. The Morgan fingerprint density at radius 1 is 0.778 bits per heavy atom. The summed E-state index contributed by atoms with van der Waals surface area (Å²) >= 11 is 0. The summed E-state index contributed by atoms with van der Waals surface area (Å²) in [4.78, 5) is 0. The van der Waals surface area contributed by atoms with E-state index >= 15 is 0 Å². The van der Waals surface area contributed by atoms with Gasteiger partial charge in [0, 0.05) is 0 Å². The number of hydrogen-bond donors (Lipinski definition) is 1. The molecule has 0 spiro atoms. The molecule has 1 N–H and O–H groups in total. The van der Waals surface area contributed by atoms with Crippen molar-refractivity contribution in [3.63, 3.8) is 0 Å². The summed E-state index contributed by atoms with van der Waals surface area (Å²) in [5.74, 6) is 0. The lowest BCUT2D eigenvalue weighted by Gasteiger charge is -2.12. The number of aliphatic hydroxyl groups excluding tert-OH is 1. The average molecular weight is 242 g/mol. The van der Waals surface area contributed by atoms with Crippen LogP contribution in [0.5, 0.6) is 0 Å². The van der Waals surface area contributed by atoms with Gasteiger partial charge >= 0.3 is 0 Å². The monoisotopic (exact) mass is 242 g/mol. The van der Waals surface area contributed by atoms with E-state index in [2.05, 4.69) is 19.9 Å². The van der Waals surface area contributed by atoms with Gasteiger partial charge in [0.15, 0.2) is 0 Å². The van der Waals surface area contributed by atoms with Crippen LogP contribution in [0.15, 0.2) is 48.5 Å². The molecule has 2 aromatic rings. The Morgan fingerprint density at radius 2 is 1.39 bits per heavy atom. The van der Waals surface area contributed by atoms with Gasteiger partial charge in [-0.2, -0.15) is 0 Å². The van der Waals surface area contributed by atoms with Crippen LogP contribution in [0.25, 0.3) is 0 Å². The molecule has 0 heterocycles. The van der Waals surface area contributed by atoms with Gasteiger partial charge in [0.25, 0.3) is 0 Å². The fourth-order valence-corrected chi connectivity index (χ4v) is 1.76. The lowest BCUT2D eigenvalue weighted by Crippen LogP contribution is -2.00. The minimum atomic E-state index is -0.527. The zero-order chi connectivity index (χ0) is 13.5. The first-order chi connectivity index (χ1) is 8.68. The highest BCUT2D eigenvalue weighted by Gasteiger charge is 2.09. The van der Waals surface area contributed by atoms with Gasteiger partial charge in [-0.3, -0.25) is 0 Å². The Balaban J connectivity index is 0.000000771. The van der Waals surface area contributed by atoms with Gasteiger partial charge in [-0.1, -0.05) is 62.4 Å². The van der Waals surface area contributed by atoms with E-state index < -0.39 is 6.10 Å². The standard InChI is InChI=1S/C15H16O.C2H6/c1-11-8-9-14(10-12(11)2)15(16)13-6-4-3-5-7-13;1-2/h3-10,15-16H,1-2H3;1-2H3. The number of rotatable bonds is 2. The van der Waals surface area contributed by atoms with E-state index in [4.69, 9.17) is 0 Å². The predicted molar refractivity (Wildman–Crippen MR) is 77.8 cm³/mol. The Kier molecular flexibility index (Phi) is 5.60. The van der Waals surface area contributed by atoms with Crippen molar-refractivity contribution < 1.29 is 5.11 Å². The van der Waals surface area contributed by atoms with Crippen molar-refractivity contribution in [3.05, 3.63) is 70.8 Å². The third kappa shape index (κ3) is 3.44. The zero-order valence-electron chi connectivity index (χ0n) is 11.6. The van der Waals surface area contributed by atoms with Crippen molar-refractivity contribution in [2.75, 3.05) is 0 Å². The van der Waals surface area contributed by atoms with Crippen molar-refractivity contribution in [1.82, 2.24) is 0 Å². The van der Waals surface area contributed by atoms with Crippen LogP contribution in [-0.2, 0) is 0 Å². The number of hydrogen-bond acceptors (Lipinski definition) is 1. The predicted octanol–water partition coefficient (Wildman–Crippen LogP) is 4.41. The van der Waals surface area contributed by atoms with E-state index in [1.165, 1.54) is 11.1 Å². The van der Waals surface area contributed by atoms with Crippen molar-refractivity contribution >= 4 is 0 Å². The van der Waals surface area contributed by atoms with Gasteiger partial charge in [0.05, 0.1) is 0 Å². The second kappa shape index (κ2) is 6.97. The number of benzene rings is 2. The van der Waals surface area contributed by atoms with E-state index in [9.17, 15) is 5.11 Å². The molecule has 0 aliphatic rings. The second-order valence-corrected chi connectivity index (χ2v) is 4.16. The minimum Gasteiger partial charge on any atom is -0.384 e. The molecule has 0 bridgehead atoms. The normalized spacial score (nSPS) is 11.4. The van der Waals surface area contributed by atoms with E-state index in [1.807, 2.05) is 56.3 Å². The van der Waals surface area contributed by atoms with Gasteiger partial charge in [-0.25, -0.2) is 0 Å². The maximum absolute atomic E-state index is 10.2. The molecule has 2 rings (SSSR count). The van der Waals surface area contributed by atoms with E-state index in [-0.39, 0.29) is 0 Å². The summed E-state index contributed by atoms with van der Waals surface area (Å²) in [5, 5.41) is 10.2. The lowest BCUT2D eigenvalue weighted by molar-refractivity contribution is 0.220. The molecule has 96 valence electrons. The highest BCUT2D eigenvalue weighted by atomic mass is 16.3. The lowest BCUT2D eigenvalue weighted by atomic mass is 9.98. The molecule has 1 heteroatoms. The van der Waals surface area contributed by atoms with Crippen LogP contribution in [0.1, 0.15) is 42.2 Å². The Hall–Kier alpha value is -1.60. The molecule has 0 saturated heterocycles. The molecule has 0 fully saturated rings. The fraction of sp³-hybridized carbons (Fsp3) is 0.294.